The highest BCUT2D eigenvalue weighted by atomic mass is 16.1. The molecule has 1 N–H and O–H groups in total. The van der Waals surface area contributed by atoms with Gasteiger partial charge in [-0.3, -0.25) is 4.79 Å². The molecule has 2 aromatic rings. The van der Waals surface area contributed by atoms with E-state index in [0.29, 0.717) is 13.0 Å². The number of hydrogen-bond acceptors (Lipinski definition) is 1. The van der Waals surface area contributed by atoms with Gasteiger partial charge in [0, 0.05) is 12.0 Å². The van der Waals surface area contributed by atoms with Crippen LogP contribution in [0.25, 0.3) is 0 Å². The molecule has 0 unspecified atom stereocenters. The zero-order valence-corrected chi connectivity index (χ0v) is 13.0. The molecule has 0 radical (unpaired) electrons. The Balaban J connectivity index is 1.94. The van der Waals surface area contributed by atoms with Crippen molar-refractivity contribution in [3.8, 4) is 0 Å². The fraction of sp³-hybridized carbons (Fsp3) is 0.316. The van der Waals surface area contributed by atoms with Crippen LogP contribution in [0.2, 0.25) is 0 Å². The summed E-state index contributed by atoms with van der Waals surface area (Å²) in [6, 6.07) is 18.3. The second kappa shape index (κ2) is 6.57. The minimum Gasteiger partial charge on any atom is -0.355 e. The quantitative estimate of drug-likeness (QED) is 0.891. The van der Waals surface area contributed by atoms with Gasteiger partial charge >= 0.3 is 0 Å². The molecule has 2 nitrogen and oxygen atoms in total. The molecule has 110 valence electrons. The van der Waals surface area contributed by atoms with Gasteiger partial charge in [-0.05, 0) is 18.1 Å². The third kappa shape index (κ3) is 4.45. The van der Waals surface area contributed by atoms with E-state index in [9.17, 15) is 4.79 Å². The van der Waals surface area contributed by atoms with Gasteiger partial charge in [0.15, 0.2) is 0 Å². The summed E-state index contributed by atoms with van der Waals surface area (Å²) in [4.78, 5) is 12.0. The molecule has 0 bridgehead atoms. The maximum atomic E-state index is 12.0. The van der Waals surface area contributed by atoms with Crippen LogP contribution in [0.4, 0.5) is 0 Å². The van der Waals surface area contributed by atoms with E-state index in [4.69, 9.17) is 0 Å². The van der Waals surface area contributed by atoms with Crippen LogP contribution in [-0.4, -0.2) is 12.5 Å². The SMILES string of the molecule is Cc1cccc(C(C)(C)CNC(=O)Cc2ccccc2)c1. The molecule has 0 atom stereocenters. The predicted molar refractivity (Wildman–Crippen MR) is 87.4 cm³/mol. The molecule has 2 aromatic carbocycles. The molecule has 2 heteroatoms. The zero-order valence-electron chi connectivity index (χ0n) is 13.0. The minimum absolute atomic E-state index is 0.0711. The lowest BCUT2D eigenvalue weighted by Gasteiger charge is -2.26. The predicted octanol–water partition coefficient (Wildman–Crippen LogP) is 3.63. The number of carbonyl (C=O) groups is 1. The number of rotatable bonds is 5. The first-order valence-corrected chi connectivity index (χ1v) is 7.35. The molecule has 2 rings (SSSR count). The standard InChI is InChI=1S/C19H23NO/c1-15-8-7-11-17(12-15)19(2,3)14-20-18(21)13-16-9-5-4-6-10-16/h4-12H,13-14H2,1-3H3,(H,20,21). The summed E-state index contributed by atoms with van der Waals surface area (Å²) in [5, 5.41) is 3.05. The summed E-state index contributed by atoms with van der Waals surface area (Å²) >= 11 is 0. The van der Waals surface area contributed by atoms with Gasteiger partial charge in [-0.15, -0.1) is 0 Å². The molecule has 0 aliphatic heterocycles. The zero-order chi connectivity index (χ0) is 15.3. The van der Waals surface area contributed by atoms with Gasteiger partial charge in [-0.2, -0.15) is 0 Å². The lowest BCUT2D eigenvalue weighted by atomic mass is 9.84. The van der Waals surface area contributed by atoms with E-state index in [0.717, 1.165) is 5.56 Å². The Kier molecular flexibility index (Phi) is 4.79. The Morgan fingerprint density at radius 2 is 1.76 bits per heavy atom. The lowest BCUT2D eigenvalue weighted by molar-refractivity contribution is -0.120. The molecule has 0 saturated heterocycles. The summed E-state index contributed by atoms with van der Waals surface area (Å²) in [5.74, 6) is 0.0712. The number of benzene rings is 2. The van der Waals surface area contributed by atoms with Crippen molar-refractivity contribution >= 4 is 5.91 Å². The van der Waals surface area contributed by atoms with E-state index in [1.807, 2.05) is 30.3 Å². The van der Waals surface area contributed by atoms with Crippen LogP contribution >= 0.6 is 0 Å². The average Bonchev–Trinajstić information content (AvgIpc) is 2.46. The van der Waals surface area contributed by atoms with Crippen molar-refractivity contribution in [3.63, 3.8) is 0 Å². The van der Waals surface area contributed by atoms with Crippen molar-refractivity contribution in [1.29, 1.82) is 0 Å². The molecule has 1 amide bonds. The van der Waals surface area contributed by atoms with E-state index in [2.05, 4.69) is 50.4 Å². The van der Waals surface area contributed by atoms with E-state index < -0.39 is 0 Å². The normalized spacial score (nSPS) is 11.2. The molecule has 0 spiro atoms. The summed E-state index contributed by atoms with van der Waals surface area (Å²) in [7, 11) is 0. The minimum atomic E-state index is -0.0711. The lowest BCUT2D eigenvalue weighted by Crippen LogP contribution is -2.37. The van der Waals surface area contributed by atoms with E-state index >= 15 is 0 Å². The number of nitrogens with one attached hydrogen (secondary N) is 1. The highest BCUT2D eigenvalue weighted by Gasteiger charge is 2.21. The topological polar surface area (TPSA) is 29.1 Å². The van der Waals surface area contributed by atoms with Crippen LogP contribution < -0.4 is 5.32 Å². The van der Waals surface area contributed by atoms with Crippen molar-refractivity contribution in [2.45, 2.75) is 32.6 Å². The Labute approximate surface area is 127 Å². The smallest absolute Gasteiger partial charge is 0.224 e. The summed E-state index contributed by atoms with van der Waals surface area (Å²) in [6.07, 6.45) is 0.435. The molecular formula is C19H23NO. The Hall–Kier alpha value is -2.09. The van der Waals surface area contributed by atoms with Gasteiger partial charge in [-0.25, -0.2) is 0 Å². The van der Waals surface area contributed by atoms with E-state index in [-0.39, 0.29) is 11.3 Å². The van der Waals surface area contributed by atoms with E-state index in [1.54, 1.807) is 0 Å². The Morgan fingerprint density at radius 3 is 2.43 bits per heavy atom. The first-order chi connectivity index (χ1) is 9.97. The molecular weight excluding hydrogens is 258 g/mol. The number of carbonyl (C=O) groups excluding carboxylic acids is 1. The van der Waals surface area contributed by atoms with Crippen LogP contribution in [0.3, 0.4) is 0 Å². The first-order valence-electron chi connectivity index (χ1n) is 7.35. The van der Waals surface area contributed by atoms with Crippen molar-refractivity contribution in [2.24, 2.45) is 0 Å². The molecule has 0 aromatic heterocycles. The van der Waals surface area contributed by atoms with Crippen molar-refractivity contribution in [1.82, 2.24) is 5.32 Å². The molecule has 0 aliphatic carbocycles. The maximum Gasteiger partial charge on any atom is 0.224 e. The van der Waals surface area contributed by atoms with Gasteiger partial charge in [0.25, 0.3) is 0 Å². The Morgan fingerprint density at radius 1 is 1.05 bits per heavy atom. The van der Waals surface area contributed by atoms with Gasteiger partial charge in [0.1, 0.15) is 0 Å². The van der Waals surface area contributed by atoms with Crippen molar-refractivity contribution in [3.05, 3.63) is 71.3 Å². The molecule has 0 fully saturated rings. The van der Waals surface area contributed by atoms with Gasteiger partial charge in [-0.1, -0.05) is 74.0 Å². The van der Waals surface area contributed by atoms with Crippen LogP contribution in [0, 0.1) is 6.92 Å². The molecule has 21 heavy (non-hydrogen) atoms. The fourth-order valence-corrected chi connectivity index (χ4v) is 2.33. The van der Waals surface area contributed by atoms with E-state index in [1.165, 1.54) is 11.1 Å². The summed E-state index contributed by atoms with van der Waals surface area (Å²) in [5.41, 5.74) is 3.47. The number of aryl methyl sites for hydroxylation is 1. The molecule has 0 saturated carbocycles. The number of hydrogen-bond donors (Lipinski definition) is 1. The van der Waals surface area contributed by atoms with Crippen LogP contribution in [-0.2, 0) is 16.6 Å². The monoisotopic (exact) mass is 281 g/mol. The van der Waals surface area contributed by atoms with Crippen molar-refractivity contribution in [2.75, 3.05) is 6.54 Å². The number of amides is 1. The second-order valence-electron chi connectivity index (χ2n) is 6.19. The van der Waals surface area contributed by atoms with Gasteiger partial charge < -0.3 is 5.32 Å². The second-order valence-corrected chi connectivity index (χ2v) is 6.19. The van der Waals surface area contributed by atoms with Crippen LogP contribution in [0.1, 0.15) is 30.5 Å². The third-order valence-corrected chi connectivity index (χ3v) is 3.73. The maximum absolute atomic E-state index is 12.0. The largest absolute Gasteiger partial charge is 0.355 e. The summed E-state index contributed by atoms with van der Waals surface area (Å²) < 4.78 is 0. The molecule has 0 aliphatic rings. The van der Waals surface area contributed by atoms with Gasteiger partial charge in [0.05, 0.1) is 6.42 Å². The highest BCUT2D eigenvalue weighted by molar-refractivity contribution is 5.78. The third-order valence-electron chi connectivity index (χ3n) is 3.73. The fourth-order valence-electron chi connectivity index (χ4n) is 2.33. The van der Waals surface area contributed by atoms with Crippen molar-refractivity contribution < 1.29 is 4.79 Å². The molecule has 0 heterocycles. The highest BCUT2D eigenvalue weighted by Crippen LogP contribution is 2.23. The van der Waals surface area contributed by atoms with Gasteiger partial charge in [0.2, 0.25) is 5.91 Å². The van der Waals surface area contributed by atoms with Crippen LogP contribution in [0.15, 0.2) is 54.6 Å². The van der Waals surface area contributed by atoms with Crippen LogP contribution in [0.5, 0.6) is 0 Å². The Bertz CT molecular complexity index is 602. The summed E-state index contributed by atoms with van der Waals surface area (Å²) in [6.45, 7) is 7.05. The average molecular weight is 281 g/mol. The first kappa shape index (κ1) is 15.3.